The first-order valence-corrected chi connectivity index (χ1v) is 5.91. The van der Waals surface area contributed by atoms with Crippen LogP contribution in [0.15, 0.2) is 0 Å². The second-order valence-electron chi connectivity index (χ2n) is 4.80. The van der Waals surface area contributed by atoms with E-state index < -0.39 is 5.97 Å². The van der Waals surface area contributed by atoms with Gasteiger partial charge in [-0.25, -0.2) is 0 Å². The van der Waals surface area contributed by atoms with Gasteiger partial charge in [0.25, 0.3) is 0 Å². The zero-order valence-electron chi connectivity index (χ0n) is 11.4. The predicted octanol–water partition coefficient (Wildman–Crippen LogP) is 0.770. The Morgan fingerprint density at radius 3 is 2.12 bits per heavy atom. The van der Waals surface area contributed by atoms with Gasteiger partial charge in [0, 0.05) is 18.5 Å². The Morgan fingerprint density at radius 1 is 1.24 bits per heavy atom. The number of nitrogens with two attached hydrogens (primary N) is 1. The minimum absolute atomic E-state index is 0.0161. The van der Waals surface area contributed by atoms with Gasteiger partial charge < -0.3 is 15.4 Å². The van der Waals surface area contributed by atoms with Crippen molar-refractivity contribution in [2.75, 3.05) is 13.7 Å². The number of amides is 1. The molecular formula is C12H24N2O3. The van der Waals surface area contributed by atoms with E-state index in [0.29, 0.717) is 0 Å². The average Bonchev–Trinajstić information content (AvgIpc) is 2.24. The van der Waals surface area contributed by atoms with Crippen molar-refractivity contribution in [3.05, 3.63) is 0 Å². The molecule has 1 unspecified atom stereocenters. The number of hydrogen-bond donors (Lipinski definition) is 1. The Bertz CT molecular complexity index is 264. The first kappa shape index (κ1) is 15.9. The maximum absolute atomic E-state index is 12.0. The second-order valence-corrected chi connectivity index (χ2v) is 4.80. The molecule has 0 saturated heterocycles. The van der Waals surface area contributed by atoms with E-state index in [2.05, 4.69) is 4.74 Å². The summed E-state index contributed by atoms with van der Waals surface area (Å²) in [5.74, 6) is -0.275. The molecule has 2 N–H and O–H groups in total. The molecule has 5 nitrogen and oxygen atoms in total. The van der Waals surface area contributed by atoms with Gasteiger partial charge in [0.2, 0.25) is 5.91 Å². The van der Waals surface area contributed by atoms with E-state index in [1.54, 1.807) is 0 Å². The monoisotopic (exact) mass is 244 g/mol. The molecule has 0 aromatic rings. The Kier molecular flexibility index (Phi) is 6.80. The molecule has 0 fully saturated rings. The lowest BCUT2D eigenvalue weighted by Gasteiger charge is -2.27. The SMILES string of the molecule is COC(=O)CN(C(=O)CC(N)C(C)C)C(C)C. The van der Waals surface area contributed by atoms with E-state index in [1.165, 1.54) is 12.0 Å². The largest absolute Gasteiger partial charge is 0.468 e. The van der Waals surface area contributed by atoms with Crippen molar-refractivity contribution in [3.8, 4) is 0 Å². The third kappa shape index (κ3) is 5.68. The number of carbonyl (C=O) groups excluding carboxylic acids is 2. The van der Waals surface area contributed by atoms with Gasteiger partial charge in [-0.1, -0.05) is 13.8 Å². The van der Waals surface area contributed by atoms with E-state index in [1.807, 2.05) is 27.7 Å². The number of carbonyl (C=O) groups is 2. The Labute approximate surface area is 103 Å². The quantitative estimate of drug-likeness (QED) is 0.700. The van der Waals surface area contributed by atoms with Crippen LogP contribution >= 0.6 is 0 Å². The second kappa shape index (κ2) is 7.27. The van der Waals surface area contributed by atoms with E-state index in [9.17, 15) is 9.59 Å². The van der Waals surface area contributed by atoms with Crippen LogP contribution in [0.5, 0.6) is 0 Å². The van der Waals surface area contributed by atoms with Gasteiger partial charge >= 0.3 is 5.97 Å². The lowest BCUT2D eigenvalue weighted by atomic mass is 10.0. The van der Waals surface area contributed by atoms with Crippen LogP contribution in [-0.4, -0.2) is 42.5 Å². The van der Waals surface area contributed by atoms with E-state index in [-0.39, 0.29) is 36.9 Å². The summed E-state index contributed by atoms with van der Waals surface area (Å²) in [5, 5.41) is 0. The summed E-state index contributed by atoms with van der Waals surface area (Å²) in [6.45, 7) is 7.65. The molecule has 17 heavy (non-hydrogen) atoms. The molecule has 0 aliphatic carbocycles. The smallest absolute Gasteiger partial charge is 0.325 e. The summed E-state index contributed by atoms with van der Waals surface area (Å²) < 4.78 is 4.57. The van der Waals surface area contributed by atoms with Crippen LogP contribution in [0.1, 0.15) is 34.1 Å². The molecule has 100 valence electrons. The molecule has 0 heterocycles. The van der Waals surface area contributed by atoms with Gasteiger partial charge in [-0.15, -0.1) is 0 Å². The molecule has 0 aliphatic heterocycles. The van der Waals surface area contributed by atoms with Gasteiger partial charge in [0.05, 0.1) is 7.11 Å². The van der Waals surface area contributed by atoms with Crippen LogP contribution < -0.4 is 5.73 Å². The molecule has 0 spiro atoms. The fourth-order valence-electron chi connectivity index (χ4n) is 1.32. The van der Waals surface area contributed by atoms with Crippen LogP contribution in [0.3, 0.4) is 0 Å². The zero-order chi connectivity index (χ0) is 13.6. The highest BCUT2D eigenvalue weighted by Crippen LogP contribution is 2.08. The predicted molar refractivity (Wildman–Crippen MR) is 66.3 cm³/mol. The lowest BCUT2D eigenvalue weighted by Crippen LogP contribution is -2.44. The fourth-order valence-corrected chi connectivity index (χ4v) is 1.32. The molecule has 0 aromatic carbocycles. The van der Waals surface area contributed by atoms with Crippen molar-refractivity contribution in [1.29, 1.82) is 0 Å². The van der Waals surface area contributed by atoms with Gasteiger partial charge in [-0.3, -0.25) is 9.59 Å². The molecular weight excluding hydrogens is 220 g/mol. The summed E-state index contributed by atoms with van der Waals surface area (Å²) in [6, 6.07) is -0.220. The molecule has 0 saturated carbocycles. The Balaban J connectivity index is 4.50. The van der Waals surface area contributed by atoms with Crippen molar-refractivity contribution in [2.45, 2.75) is 46.2 Å². The third-order valence-corrected chi connectivity index (χ3v) is 2.74. The van der Waals surface area contributed by atoms with E-state index in [0.717, 1.165) is 0 Å². The van der Waals surface area contributed by atoms with E-state index >= 15 is 0 Å². The number of methoxy groups -OCH3 is 1. The number of hydrogen-bond acceptors (Lipinski definition) is 4. The van der Waals surface area contributed by atoms with E-state index in [4.69, 9.17) is 5.73 Å². The van der Waals surface area contributed by atoms with Crippen LogP contribution in [0.2, 0.25) is 0 Å². The number of rotatable bonds is 6. The lowest BCUT2D eigenvalue weighted by molar-refractivity contribution is -0.148. The third-order valence-electron chi connectivity index (χ3n) is 2.74. The van der Waals surface area contributed by atoms with Gasteiger partial charge in [0.15, 0.2) is 0 Å². The van der Waals surface area contributed by atoms with Crippen molar-refractivity contribution in [3.63, 3.8) is 0 Å². The Hall–Kier alpha value is -1.10. The van der Waals surface area contributed by atoms with Crippen LogP contribution in [-0.2, 0) is 14.3 Å². The number of esters is 1. The average molecular weight is 244 g/mol. The molecule has 1 amide bonds. The van der Waals surface area contributed by atoms with Crippen molar-refractivity contribution in [1.82, 2.24) is 4.90 Å². The maximum atomic E-state index is 12.0. The van der Waals surface area contributed by atoms with Crippen LogP contribution in [0.25, 0.3) is 0 Å². The van der Waals surface area contributed by atoms with Crippen LogP contribution in [0.4, 0.5) is 0 Å². The van der Waals surface area contributed by atoms with Crippen LogP contribution in [0, 0.1) is 5.92 Å². The minimum atomic E-state index is -0.412. The van der Waals surface area contributed by atoms with Gasteiger partial charge in [-0.2, -0.15) is 0 Å². The first-order chi connectivity index (χ1) is 7.79. The zero-order valence-corrected chi connectivity index (χ0v) is 11.4. The molecule has 0 bridgehead atoms. The molecule has 0 aliphatic rings. The fraction of sp³-hybridized carbons (Fsp3) is 0.833. The van der Waals surface area contributed by atoms with Crippen molar-refractivity contribution >= 4 is 11.9 Å². The summed E-state index contributed by atoms with van der Waals surface area (Å²) >= 11 is 0. The maximum Gasteiger partial charge on any atom is 0.325 e. The van der Waals surface area contributed by atoms with Gasteiger partial charge in [-0.05, 0) is 19.8 Å². The summed E-state index contributed by atoms with van der Waals surface area (Å²) in [6.07, 6.45) is 0.257. The number of ether oxygens (including phenoxy) is 1. The summed E-state index contributed by atoms with van der Waals surface area (Å²) in [7, 11) is 1.31. The standard InChI is InChI=1S/C12H24N2O3/c1-8(2)10(13)6-11(15)14(9(3)4)7-12(16)17-5/h8-10H,6-7,13H2,1-5H3. The first-order valence-electron chi connectivity index (χ1n) is 5.91. The molecule has 5 heteroatoms. The van der Waals surface area contributed by atoms with Crippen molar-refractivity contribution in [2.24, 2.45) is 11.7 Å². The normalized spacial score (nSPS) is 12.7. The molecule has 1 atom stereocenters. The summed E-state index contributed by atoms with van der Waals surface area (Å²) in [5.41, 5.74) is 5.85. The highest BCUT2D eigenvalue weighted by molar-refractivity contribution is 5.82. The molecule has 0 aromatic heterocycles. The highest BCUT2D eigenvalue weighted by atomic mass is 16.5. The van der Waals surface area contributed by atoms with Crippen molar-refractivity contribution < 1.29 is 14.3 Å². The minimum Gasteiger partial charge on any atom is -0.468 e. The topological polar surface area (TPSA) is 72.6 Å². The Morgan fingerprint density at radius 2 is 1.76 bits per heavy atom. The molecule has 0 radical (unpaired) electrons. The highest BCUT2D eigenvalue weighted by Gasteiger charge is 2.23. The number of nitrogens with zero attached hydrogens (tertiary/aromatic N) is 1. The summed E-state index contributed by atoms with van der Waals surface area (Å²) in [4.78, 5) is 24.7. The molecule has 0 rings (SSSR count). The van der Waals surface area contributed by atoms with Gasteiger partial charge in [0.1, 0.15) is 6.54 Å².